The second kappa shape index (κ2) is 20.7. The van der Waals surface area contributed by atoms with Crippen molar-refractivity contribution >= 4 is 23.9 Å². The summed E-state index contributed by atoms with van der Waals surface area (Å²) in [6, 6.07) is 0. The summed E-state index contributed by atoms with van der Waals surface area (Å²) >= 11 is 0. The van der Waals surface area contributed by atoms with Gasteiger partial charge in [-0.05, 0) is 32.1 Å². The number of hydrogen-bond donors (Lipinski definition) is 3. The number of rotatable bonds is 27. The molecule has 0 amide bonds. The maximum atomic E-state index is 14.5. The van der Waals surface area contributed by atoms with Gasteiger partial charge in [0, 0.05) is 0 Å². The van der Waals surface area contributed by atoms with Gasteiger partial charge in [0.2, 0.25) is 0 Å². The van der Waals surface area contributed by atoms with Crippen LogP contribution >= 0.6 is 0 Å². The molecule has 0 aromatic rings. The van der Waals surface area contributed by atoms with E-state index in [9.17, 15) is 34.5 Å². The molecule has 0 spiro atoms. The number of carbonyl (C=O) groups excluding carboxylic acids is 1. The third-order valence-electron chi connectivity index (χ3n) is 9.01. The minimum atomic E-state index is -2.17. The van der Waals surface area contributed by atoms with E-state index in [4.69, 9.17) is 4.74 Å². The second-order valence-electron chi connectivity index (χ2n) is 11.9. The fourth-order valence-corrected chi connectivity index (χ4v) is 6.78. The number of carboxylic acids is 3. The molecule has 2 atom stereocenters. The van der Waals surface area contributed by atoms with Gasteiger partial charge in [-0.25, -0.2) is 0 Å². The van der Waals surface area contributed by atoms with Crippen molar-refractivity contribution in [2.45, 2.75) is 163 Å². The standard InChI is InChI=1S/C33H60O8/c1-6-11-16-21-31(22-17-12-7-2,30(40)41-25-20-15-10-5)33(29(38)39,24-19-14-9-4)32(28(36)37,26-27(34)35)23-18-13-8-3/h6-26H2,1-5H3,(H,34,35)(H,36,37)(H,38,39). The van der Waals surface area contributed by atoms with Crippen molar-refractivity contribution in [1.29, 1.82) is 0 Å². The number of esters is 1. The van der Waals surface area contributed by atoms with Gasteiger partial charge >= 0.3 is 23.9 Å². The van der Waals surface area contributed by atoms with Gasteiger partial charge in [0.1, 0.15) is 5.41 Å². The first-order valence-electron chi connectivity index (χ1n) is 16.4. The second-order valence-corrected chi connectivity index (χ2v) is 11.9. The molecule has 8 heteroatoms. The van der Waals surface area contributed by atoms with E-state index in [1.165, 1.54) is 0 Å². The molecule has 8 nitrogen and oxygen atoms in total. The van der Waals surface area contributed by atoms with E-state index in [0.29, 0.717) is 44.9 Å². The Morgan fingerprint density at radius 1 is 0.512 bits per heavy atom. The fourth-order valence-electron chi connectivity index (χ4n) is 6.78. The number of carboxylic acid groups (broad SMARTS) is 3. The zero-order chi connectivity index (χ0) is 31.4. The van der Waals surface area contributed by atoms with Crippen LogP contribution in [0.25, 0.3) is 0 Å². The van der Waals surface area contributed by atoms with Crippen molar-refractivity contribution in [3.63, 3.8) is 0 Å². The summed E-state index contributed by atoms with van der Waals surface area (Å²) in [5, 5.41) is 32.4. The van der Waals surface area contributed by atoms with Crippen molar-refractivity contribution in [3.8, 4) is 0 Å². The summed E-state index contributed by atoms with van der Waals surface area (Å²) in [7, 11) is 0. The first-order chi connectivity index (χ1) is 19.5. The third-order valence-corrected chi connectivity index (χ3v) is 9.01. The maximum absolute atomic E-state index is 14.5. The molecule has 240 valence electrons. The molecule has 0 aromatic carbocycles. The fraction of sp³-hybridized carbons (Fsp3) is 0.879. The van der Waals surface area contributed by atoms with Gasteiger partial charge in [-0.2, -0.15) is 0 Å². The van der Waals surface area contributed by atoms with Crippen molar-refractivity contribution in [1.82, 2.24) is 0 Å². The topological polar surface area (TPSA) is 138 Å². The average molecular weight is 585 g/mol. The number of unbranched alkanes of at least 4 members (excludes halogenated alkanes) is 10. The summed E-state index contributed by atoms with van der Waals surface area (Å²) < 4.78 is 5.90. The van der Waals surface area contributed by atoms with Crippen LogP contribution in [-0.4, -0.2) is 45.8 Å². The van der Waals surface area contributed by atoms with E-state index in [0.717, 1.165) is 51.4 Å². The lowest BCUT2D eigenvalue weighted by Gasteiger charge is -2.55. The summed E-state index contributed by atoms with van der Waals surface area (Å²) in [6.45, 7) is 10.1. The maximum Gasteiger partial charge on any atom is 0.313 e. The van der Waals surface area contributed by atoms with Crippen LogP contribution < -0.4 is 0 Å². The van der Waals surface area contributed by atoms with Crippen LogP contribution in [0.5, 0.6) is 0 Å². The van der Waals surface area contributed by atoms with E-state index < -0.39 is 46.5 Å². The quantitative estimate of drug-likeness (QED) is 0.0644. The van der Waals surface area contributed by atoms with Crippen LogP contribution in [0.4, 0.5) is 0 Å². The van der Waals surface area contributed by atoms with Gasteiger partial charge in [-0.15, -0.1) is 0 Å². The first kappa shape index (κ1) is 38.9. The highest BCUT2D eigenvalue weighted by Gasteiger charge is 2.72. The highest BCUT2D eigenvalue weighted by Crippen LogP contribution is 2.63. The summed E-state index contributed by atoms with van der Waals surface area (Å²) in [5.74, 6) is -4.85. The first-order valence-corrected chi connectivity index (χ1v) is 16.4. The van der Waals surface area contributed by atoms with E-state index in [2.05, 4.69) is 0 Å². The van der Waals surface area contributed by atoms with Gasteiger partial charge in [0.25, 0.3) is 0 Å². The minimum absolute atomic E-state index is 0.0792. The Balaban J connectivity index is 7.79. The van der Waals surface area contributed by atoms with Gasteiger partial charge in [-0.1, -0.05) is 125 Å². The number of carbonyl (C=O) groups is 4. The molecule has 2 unspecified atom stereocenters. The molecule has 0 aliphatic carbocycles. The normalized spacial score (nSPS) is 14.7. The van der Waals surface area contributed by atoms with Gasteiger partial charge < -0.3 is 20.1 Å². The van der Waals surface area contributed by atoms with E-state index >= 15 is 0 Å². The van der Waals surface area contributed by atoms with Crippen LogP contribution in [0.1, 0.15) is 163 Å². The molecule has 0 aliphatic rings. The van der Waals surface area contributed by atoms with E-state index in [1.54, 1.807) is 0 Å². The number of ether oxygens (including phenoxy) is 1. The molecule has 0 saturated carbocycles. The van der Waals surface area contributed by atoms with Crippen LogP contribution in [0, 0.1) is 16.2 Å². The van der Waals surface area contributed by atoms with Gasteiger partial charge in [0.05, 0.1) is 23.9 Å². The largest absolute Gasteiger partial charge is 0.481 e. The van der Waals surface area contributed by atoms with Crippen molar-refractivity contribution in [3.05, 3.63) is 0 Å². The average Bonchev–Trinajstić information content (AvgIpc) is 2.92. The molecule has 0 aromatic heterocycles. The Morgan fingerprint density at radius 3 is 1.27 bits per heavy atom. The van der Waals surface area contributed by atoms with Gasteiger partial charge in [-0.3, -0.25) is 19.2 Å². The lowest BCUT2D eigenvalue weighted by molar-refractivity contribution is -0.210. The molecule has 0 heterocycles. The lowest BCUT2D eigenvalue weighted by atomic mass is 9.44. The summed E-state index contributed by atoms with van der Waals surface area (Å²) in [6.07, 6.45) is 9.49. The zero-order valence-corrected chi connectivity index (χ0v) is 26.7. The number of aliphatic carboxylic acids is 3. The third kappa shape index (κ3) is 10.3. The summed E-state index contributed by atoms with van der Waals surface area (Å²) in [5.41, 5.74) is -5.98. The smallest absolute Gasteiger partial charge is 0.313 e. The van der Waals surface area contributed by atoms with E-state index in [1.807, 2.05) is 34.6 Å². The Morgan fingerprint density at radius 2 is 0.902 bits per heavy atom. The highest BCUT2D eigenvalue weighted by molar-refractivity contribution is 5.95. The molecular formula is C33H60O8. The van der Waals surface area contributed by atoms with Gasteiger partial charge in [0.15, 0.2) is 0 Å². The van der Waals surface area contributed by atoms with Crippen LogP contribution in [0.3, 0.4) is 0 Å². The number of hydrogen-bond acceptors (Lipinski definition) is 5. The van der Waals surface area contributed by atoms with E-state index in [-0.39, 0.29) is 32.3 Å². The molecule has 0 radical (unpaired) electrons. The Hall–Kier alpha value is -2.12. The zero-order valence-electron chi connectivity index (χ0n) is 26.7. The summed E-state index contributed by atoms with van der Waals surface area (Å²) in [4.78, 5) is 54.3. The monoisotopic (exact) mass is 584 g/mol. The minimum Gasteiger partial charge on any atom is -0.481 e. The highest BCUT2D eigenvalue weighted by atomic mass is 16.5. The molecule has 0 rings (SSSR count). The molecule has 3 N–H and O–H groups in total. The van der Waals surface area contributed by atoms with Crippen LogP contribution in [0.15, 0.2) is 0 Å². The predicted octanol–water partition coefficient (Wildman–Crippen LogP) is 8.64. The molecule has 0 saturated heterocycles. The Labute approximate surface area is 249 Å². The Kier molecular flexibility index (Phi) is 19.6. The predicted molar refractivity (Wildman–Crippen MR) is 162 cm³/mol. The SMILES string of the molecule is CCCCCOC(=O)C(CCCCC)(CCCCC)C(CCCCC)(C(=O)O)C(CCCCC)(CC(=O)O)C(=O)O. The molecule has 0 aliphatic heterocycles. The molecule has 41 heavy (non-hydrogen) atoms. The molecule has 0 fully saturated rings. The van der Waals surface area contributed by atoms with Crippen molar-refractivity contribution < 1.29 is 39.2 Å². The van der Waals surface area contributed by atoms with Crippen LogP contribution in [0.2, 0.25) is 0 Å². The van der Waals surface area contributed by atoms with Crippen molar-refractivity contribution in [2.75, 3.05) is 6.61 Å². The molecular weight excluding hydrogens is 524 g/mol. The lowest BCUT2D eigenvalue weighted by Crippen LogP contribution is -2.65. The molecule has 0 bridgehead atoms. The Bertz CT molecular complexity index is 769. The van der Waals surface area contributed by atoms with Crippen LogP contribution in [-0.2, 0) is 23.9 Å². The van der Waals surface area contributed by atoms with Crippen molar-refractivity contribution in [2.24, 2.45) is 16.2 Å².